The molecule has 1 saturated carbocycles. The molecule has 1 fully saturated rings. The molecule has 0 radical (unpaired) electrons. The molecule has 0 aliphatic heterocycles. The molecule has 1 N–H and O–H groups in total. The number of halogens is 2. The van der Waals surface area contributed by atoms with E-state index >= 15 is 0 Å². The third-order valence-electron chi connectivity index (χ3n) is 3.30. The number of rotatable bonds is 5. The second-order valence-electron chi connectivity index (χ2n) is 5.05. The average molecular weight is 344 g/mol. The van der Waals surface area contributed by atoms with Crippen molar-refractivity contribution in [3.05, 3.63) is 34.1 Å². The molecule has 20 heavy (non-hydrogen) atoms. The molecule has 2 rings (SSSR count). The third kappa shape index (κ3) is 3.36. The van der Waals surface area contributed by atoms with Crippen LogP contribution >= 0.6 is 15.9 Å². The van der Waals surface area contributed by atoms with Gasteiger partial charge in [-0.05, 0) is 31.0 Å². The molecule has 0 saturated heterocycles. The monoisotopic (exact) mass is 343 g/mol. The number of amides is 1. The summed E-state index contributed by atoms with van der Waals surface area (Å²) >= 11 is 3.21. The summed E-state index contributed by atoms with van der Waals surface area (Å²) in [6, 6.07) is 4.21. The average Bonchev–Trinajstić information content (AvgIpc) is 3.22. The van der Waals surface area contributed by atoms with E-state index in [1.54, 1.807) is 6.92 Å². The Labute approximate surface area is 124 Å². The number of carboxylic acids is 1. The first-order valence-corrected chi connectivity index (χ1v) is 7.18. The third-order valence-corrected chi connectivity index (χ3v) is 3.79. The highest BCUT2D eigenvalue weighted by Crippen LogP contribution is 2.30. The highest BCUT2D eigenvalue weighted by Gasteiger charge is 2.35. The first-order valence-electron chi connectivity index (χ1n) is 6.39. The van der Waals surface area contributed by atoms with Gasteiger partial charge in [0, 0.05) is 17.1 Å². The van der Waals surface area contributed by atoms with Crippen LogP contribution in [0, 0.1) is 11.7 Å². The standard InChI is InChI=1S/C14H15BrFNO3/c1-8(14(19)20)7-17(10-3-4-10)13(18)11-6-9(15)2-5-12(11)16/h2,5-6,8,10H,3-4,7H2,1H3,(H,19,20)/t8-/m1/s1. The first kappa shape index (κ1) is 15.0. The number of carbonyl (C=O) groups excluding carboxylic acids is 1. The first-order chi connectivity index (χ1) is 9.40. The van der Waals surface area contributed by atoms with Crippen LogP contribution in [0.3, 0.4) is 0 Å². The second-order valence-corrected chi connectivity index (χ2v) is 5.97. The van der Waals surface area contributed by atoms with Gasteiger partial charge in [-0.1, -0.05) is 22.9 Å². The van der Waals surface area contributed by atoms with Crippen molar-refractivity contribution in [1.82, 2.24) is 4.90 Å². The van der Waals surface area contributed by atoms with E-state index in [9.17, 15) is 14.0 Å². The molecular weight excluding hydrogens is 329 g/mol. The van der Waals surface area contributed by atoms with E-state index in [0.29, 0.717) is 4.47 Å². The largest absolute Gasteiger partial charge is 0.481 e. The Morgan fingerprint density at radius 3 is 2.70 bits per heavy atom. The highest BCUT2D eigenvalue weighted by molar-refractivity contribution is 9.10. The van der Waals surface area contributed by atoms with Gasteiger partial charge >= 0.3 is 5.97 Å². The molecule has 0 spiro atoms. The van der Waals surface area contributed by atoms with E-state index < -0.39 is 23.6 Å². The summed E-state index contributed by atoms with van der Waals surface area (Å²) in [5, 5.41) is 8.96. The van der Waals surface area contributed by atoms with Crippen LogP contribution in [0.1, 0.15) is 30.1 Å². The van der Waals surface area contributed by atoms with Crippen LogP contribution in [-0.4, -0.2) is 34.5 Å². The van der Waals surface area contributed by atoms with Gasteiger partial charge in [-0.25, -0.2) is 4.39 Å². The predicted molar refractivity (Wildman–Crippen MR) is 75.0 cm³/mol. The van der Waals surface area contributed by atoms with Crippen LogP contribution in [0.5, 0.6) is 0 Å². The Morgan fingerprint density at radius 2 is 2.15 bits per heavy atom. The Balaban J connectivity index is 2.23. The molecule has 0 heterocycles. The molecule has 0 unspecified atom stereocenters. The topological polar surface area (TPSA) is 57.6 Å². The number of carbonyl (C=O) groups is 2. The molecule has 1 atom stereocenters. The predicted octanol–water partition coefficient (Wildman–Crippen LogP) is 2.91. The molecule has 0 aromatic heterocycles. The Morgan fingerprint density at radius 1 is 1.50 bits per heavy atom. The van der Waals surface area contributed by atoms with E-state index in [1.165, 1.54) is 23.1 Å². The van der Waals surface area contributed by atoms with Gasteiger partial charge in [0.15, 0.2) is 0 Å². The van der Waals surface area contributed by atoms with E-state index in [1.807, 2.05) is 0 Å². The number of hydrogen-bond donors (Lipinski definition) is 1. The molecule has 1 aromatic carbocycles. The molecule has 4 nitrogen and oxygen atoms in total. The zero-order chi connectivity index (χ0) is 14.9. The van der Waals surface area contributed by atoms with Gasteiger partial charge in [-0.3, -0.25) is 9.59 Å². The van der Waals surface area contributed by atoms with Gasteiger partial charge in [-0.2, -0.15) is 0 Å². The van der Waals surface area contributed by atoms with Gasteiger partial charge < -0.3 is 10.0 Å². The summed E-state index contributed by atoms with van der Waals surface area (Å²) in [5.41, 5.74) is -0.0242. The number of aliphatic carboxylic acids is 1. The van der Waals surface area contributed by atoms with Gasteiger partial charge in [0.1, 0.15) is 5.82 Å². The number of benzene rings is 1. The lowest BCUT2D eigenvalue weighted by atomic mass is 10.1. The molecule has 1 aliphatic rings. The Bertz CT molecular complexity index is 545. The molecule has 108 valence electrons. The summed E-state index contributed by atoms with van der Waals surface area (Å²) in [5.74, 6) is -2.67. The van der Waals surface area contributed by atoms with Crippen LogP contribution in [0.2, 0.25) is 0 Å². The van der Waals surface area contributed by atoms with Crippen LogP contribution in [0.25, 0.3) is 0 Å². The van der Waals surface area contributed by atoms with Gasteiger partial charge in [0.2, 0.25) is 0 Å². The minimum absolute atomic E-state index is 0.0242. The number of hydrogen-bond acceptors (Lipinski definition) is 2. The minimum atomic E-state index is -0.960. The maximum atomic E-state index is 13.8. The Kier molecular flexibility index (Phi) is 4.42. The van der Waals surface area contributed by atoms with Crippen LogP contribution < -0.4 is 0 Å². The van der Waals surface area contributed by atoms with Crippen molar-refractivity contribution in [2.45, 2.75) is 25.8 Å². The normalized spacial score (nSPS) is 15.8. The molecular formula is C14H15BrFNO3. The lowest BCUT2D eigenvalue weighted by molar-refractivity contribution is -0.141. The van der Waals surface area contributed by atoms with Crippen molar-refractivity contribution in [3.8, 4) is 0 Å². The zero-order valence-corrected chi connectivity index (χ0v) is 12.6. The van der Waals surface area contributed by atoms with Crippen molar-refractivity contribution in [3.63, 3.8) is 0 Å². The van der Waals surface area contributed by atoms with Gasteiger partial charge in [-0.15, -0.1) is 0 Å². The van der Waals surface area contributed by atoms with E-state index in [4.69, 9.17) is 5.11 Å². The maximum absolute atomic E-state index is 13.8. The number of nitrogens with zero attached hydrogens (tertiary/aromatic N) is 1. The lowest BCUT2D eigenvalue weighted by Gasteiger charge is -2.24. The fourth-order valence-electron chi connectivity index (χ4n) is 1.97. The second kappa shape index (κ2) is 5.91. The summed E-state index contributed by atoms with van der Waals surface area (Å²) in [6.45, 7) is 1.65. The number of carboxylic acid groups (broad SMARTS) is 1. The maximum Gasteiger partial charge on any atom is 0.308 e. The summed E-state index contributed by atoms with van der Waals surface area (Å²) in [6.07, 6.45) is 1.68. The molecule has 6 heteroatoms. The fraction of sp³-hybridized carbons (Fsp3) is 0.429. The quantitative estimate of drug-likeness (QED) is 0.894. The van der Waals surface area contributed by atoms with Gasteiger partial charge in [0.25, 0.3) is 5.91 Å². The van der Waals surface area contributed by atoms with Crippen LogP contribution in [-0.2, 0) is 4.79 Å². The van der Waals surface area contributed by atoms with E-state index in [2.05, 4.69) is 15.9 Å². The zero-order valence-electron chi connectivity index (χ0n) is 11.0. The smallest absolute Gasteiger partial charge is 0.308 e. The van der Waals surface area contributed by atoms with E-state index in [0.717, 1.165) is 12.8 Å². The molecule has 1 aromatic rings. The minimum Gasteiger partial charge on any atom is -0.481 e. The molecule has 0 bridgehead atoms. The molecule has 1 amide bonds. The van der Waals surface area contributed by atoms with Crippen molar-refractivity contribution < 1.29 is 19.1 Å². The van der Waals surface area contributed by atoms with Crippen molar-refractivity contribution in [2.75, 3.05) is 6.54 Å². The molecule has 1 aliphatic carbocycles. The summed E-state index contributed by atoms with van der Waals surface area (Å²) in [4.78, 5) is 24.8. The lowest BCUT2D eigenvalue weighted by Crippen LogP contribution is -2.39. The summed E-state index contributed by atoms with van der Waals surface area (Å²) < 4.78 is 14.4. The summed E-state index contributed by atoms with van der Waals surface area (Å²) in [7, 11) is 0. The van der Waals surface area contributed by atoms with Crippen LogP contribution in [0.4, 0.5) is 4.39 Å². The van der Waals surface area contributed by atoms with Crippen LogP contribution in [0.15, 0.2) is 22.7 Å². The Hall–Kier alpha value is -1.43. The van der Waals surface area contributed by atoms with E-state index in [-0.39, 0.29) is 18.2 Å². The van der Waals surface area contributed by atoms with Crippen molar-refractivity contribution in [2.24, 2.45) is 5.92 Å². The van der Waals surface area contributed by atoms with Crippen molar-refractivity contribution >= 4 is 27.8 Å². The van der Waals surface area contributed by atoms with Gasteiger partial charge in [0.05, 0.1) is 11.5 Å². The SMILES string of the molecule is C[C@H](CN(C(=O)c1cc(Br)ccc1F)C1CC1)C(=O)O. The highest BCUT2D eigenvalue weighted by atomic mass is 79.9. The fourth-order valence-corrected chi connectivity index (χ4v) is 2.33. The van der Waals surface area contributed by atoms with Crippen molar-refractivity contribution in [1.29, 1.82) is 0 Å².